The van der Waals surface area contributed by atoms with Crippen LogP contribution in [0.4, 0.5) is 0 Å². The zero-order valence-corrected chi connectivity index (χ0v) is 13.5. The molecule has 0 bridgehead atoms. The Kier molecular flexibility index (Phi) is 4.51. The van der Waals surface area contributed by atoms with E-state index in [1.807, 2.05) is 23.1 Å². The van der Waals surface area contributed by atoms with E-state index in [0.29, 0.717) is 29.6 Å². The average Bonchev–Trinajstić information content (AvgIpc) is 3.44. The molecule has 4 nitrogen and oxygen atoms in total. The lowest BCUT2D eigenvalue weighted by molar-refractivity contribution is 0.0729. The van der Waals surface area contributed by atoms with Crippen LogP contribution in [0.25, 0.3) is 0 Å². The normalized spacial score (nSPS) is 13.5. The van der Waals surface area contributed by atoms with E-state index >= 15 is 0 Å². The molecule has 0 N–H and O–H groups in total. The molecule has 1 aliphatic rings. The van der Waals surface area contributed by atoms with Gasteiger partial charge in [-0.05, 0) is 36.6 Å². The highest BCUT2D eigenvalue weighted by Crippen LogP contribution is 2.32. The Morgan fingerprint density at radius 1 is 1.04 bits per heavy atom. The second-order valence-electron chi connectivity index (χ2n) is 5.72. The molecule has 0 heterocycles. The molecule has 1 aliphatic carbocycles. The second-order valence-corrected chi connectivity index (χ2v) is 5.72. The Labute approximate surface area is 136 Å². The van der Waals surface area contributed by atoms with Crippen molar-refractivity contribution in [3.8, 4) is 11.5 Å². The van der Waals surface area contributed by atoms with Gasteiger partial charge in [-0.2, -0.15) is 0 Å². The molecule has 2 aromatic carbocycles. The minimum absolute atomic E-state index is 0.0392. The van der Waals surface area contributed by atoms with E-state index in [9.17, 15) is 4.79 Å². The van der Waals surface area contributed by atoms with Gasteiger partial charge >= 0.3 is 0 Å². The van der Waals surface area contributed by atoms with Crippen LogP contribution >= 0.6 is 0 Å². The third kappa shape index (κ3) is 3.47. The van der Waals surface area contributed by atoms with E-state index in [0.717, 1.165) is 18.4 Å². The van der Waals surface area contributed by atoms with Crippen molar-refractivity contribution in [2.75, 3.05) is 14.2 Å². The van der Waals surface area contributed by atoms with Crippen LogP contribution < -0.4 is 9.47 Å². The van der Waals surface area contributed by atoms with Crippen LogP contribution in [0, 0.1) is 0 Å². The first-order valence-corrected chi connectivity index (χ1v) is 7.80. The molecule has 2 aromatic rings. The first kappa shape index (κ1) is 15.4. The summed E-state index contributed by atoms with van der Waals surface area (Å²) in [7, 11) is 3.17. The maximum Gasteiger partial charge on any atom is 0.254 e. The van der Waals surface area contributed by atoms with Crippen LogP contribution in [0.15, 0.2) is 48.5 Å². The number of hydrogen-bond acceptors (Lipinski definition) is 3. The molecule has 4 heteroatoms. The zero-order chi connectivity index (χ0) is 16.2. The quantitative estimate of drug-likeness (QED) is 0.819. The summed E-state index contributed by atoms with van der Waals surface area (Å²) in [6, 6.07) is 15.8. The van der Waals surface area contributed by atoms with E-state index in [2.05, 4.69) is 12.1 Å². The number of rotatable bonds is 6. The van der Waals surface area contributed by atoms with Crippen LogP contribution in [0.1, 0.15) is 28.8 Å². The standard InChI is InChI=1S/C19H21NO3/c1-22-17-11-8-15(12-18(17)23-2)19(21)20(16-9-10-16)13-14-6-4-3-5-7-14/h3-8,11-12,16H,9-10,13H2,1-2H3. The number of hydrogen-bond donors (Lipinski definition) is 0. The molecule has 0 radical (unpaired) electrons. The molecule has 0 aromatic heterocycles. The zero-order valence-electron chi connectivity index (χ0n) is 13.5. The van der Waals surface area contributed by atoms with Crippen molar-refractivity contribution in [1.82, 2.24) is 4.90 Å². The third-order valence-electron chi connectivity index (χ3n) is 4.07. The van der Waals surface area contributed by atoms with E-state index in [-0.39, 0.29) is 5.91 Å². The Morgan fingerprint density at radius 3 is 2.35 bits per heavy atom. The van der Waals surface area contributed by atoms with Gasteiger partial charge in [-0.25, -0.2) is 0 Å². The van der Waals surface area contributed by atoms with Crippen molar-refractivity contribution in [1.29, 1.82) is 0 Å². The van der Waals surface area contributed by atoms with Crippen molar-refractivity contribution < 1.29 is 14.3 Å². The van der Waals surface area contributed by atoms with Gasteiger partial charge in [0.15, 0.2) is 11.5 Å². The van der Waals surface area contributed by atoms with Crippen LogP contribution in [0.3, 0.4) is 0 Å². The van der Waals surface area contributed by atoms with E-state index in [1.165, 1.54) is 0 Å². The number of nitrogens with zero attached hydrogens (tertiary/aromatic N) is 1. The number of ether oxygens (including phenoxy) is 2. The SMILES string of the molecule is COc1ccc(C(=O)N(Cc2ccccc2)C2CC2)cc1OC. The minimum atomic E-state index is 0.0392. The van der Waals surface area contributed by atoms with Crippen molar-refractivity contribution in [2.45, 2.75) is 25.4 Å². The highest BCUT2D eigenvalue weighted by molar-refractivity contribution is 5.95. The van der Waals surface area contributed by atoms with Crippen molar-refractivity contribution in [3.63, 3.8) is 0 Å². The van der Waals surface area contributed by atoms with E-state index < -0.39 is 0 Å². The van der Waals surface area contributed by atoms with Gasteiger partial charge in [0.05, 0.1) is 14.2 Å². The summed E-state index contributed by atoms with van der Waals surface area (Å²) in [6.07, 6.45) is 2.15. The topological polar surface area (TPSA) is 38.8 Å². The molecule has 0 unspecified atom stereocenters. The molecule has 0 saturated heterocycles. The lowest BCUT2D eigenvalue weighted by Gasteiger charge is -2.23. The minimum Gasteiger partial charge on any atom is -0.493 e. The number of carbonyl (C=O) groups is 1. The van der Waals surface area contributed by atoms with Crippen molar-refractivity contribution >= 4 is 5.91 Å². The van der Waals surface area contributed by atoms with E-state index in [4.69, 9.17) is 9.47 Å². The fourth-order valence-electron chi connectivity index (χ4n) is 2.67. The molecule has 0 atom stereocenters. The summed E-state index contributed by atoms with van der Waals surface area (Å²) in [4.78, 5) is 14.9. The Morgan fingerprint density at radius 2 is 1.74 bits per heavy atom. The van der Waals surface area contributed by atoms with Gasteiger partial charge < -0.3 is 14.4 Å². The van der Waals surface area contributed by atoms with Gasteiger partial charge in [0.1, 0.15) is 0 Å². The van der Waals surface area contributed by atoms with Gasteiger partial charge in [-0.3, -0.25) is 4.79 Å². The van der Waals surface area contributed by atoms with Crippen LogP contribution in [0.5, 0.6) is 11.5 Å². The molecule has 1 amide bonds. The molecule has 0 spiro atoms. The summed E-state index contributed by atoms with van der Waals surface area (Å²) in [5.41, 5.74) is 1.78. The molecule has 0 aliphatic heterocycles. The highest BCUT2D eigenvalue weighted by Gasteiger charge is 2.33. The lowest BCUT2D eigenvalue weighted by Crippen LogP contribution is -2.32. The fraction of sp³-hybridized carbons (Fsp3) is 0.316. The summed E-state index contributed by atoms with van der Waals surface area (Å²) in [6.45, 7) is 0.638. The van der Waals surface area contributed by atoms with E-state index in [1.54, 1.807) is 32.4 Å². The number of amides is 1. The molecular formula is C19H21NO3. The third-order valence-corrected chi connectivity index (χ3v) is 4.07. The summed E-state index contributed by atoms with van der Waals surface area (Å²) in [5, 5.41) is 0. The summed E-state index contributed by atoms with van der Waals surface area (Å²) < 4.78 is 10.5. The molecule has 23 heavy (non-hydrogen) atoms. The summed E-state index contributed by atoms with van der Waals surface area (Å²) >= 11 is 0. The summed E-state index contributed by atoms with van der Waals surface area (Å²) in [5.74, 6) is 1.25. The number of benzene rings is 2. The number of carbonyl (C=O) groups excluding carboxylic acids is 1. The molecule has 120 valence electrons. The maximum absolute atomic E-state index is 12.9. The second kappa shape index (κ2) is 6.73. The first-order chi connectivity index (χ1) is 11.2. The molecule has 1 saturated carbocycles. The highest BCUT2D eigenvalue weighted by atomic mass is 16.5. The molecule has 3 rings (SSSR count). The fourth-order valence-corrected chi connectivity index (χ4v) is 2.67. The number of methoxy groups -OCH3 is 2. The van der Waals surface area contributed by atoms with Crippen LogP contribution in [-0.2, 0) is 6.54 Å². The molecular weight excluding hydrogens is 290 g/mol. The van der Waals surface area contributed by atoms with Gasteiger partial charge in [-0.15, -0.1) is 0 Å². The Balaban J connectivity index is 1.84. The Bertz CT molecular complexity index is 680. The van der Waals surface area contributed by atoms with Crippen molar-refractivity contribution in [2.24, 2.45) is 0 Å². The van der Waals surface area contributed by atoms with Gasteiger partial charge in [0.2, 0.25) is 0 Å². The average molecular weight is 311 g/mol. The largest absolute Gasteiger partial charge is 0.493 e. The maximum atomic E-state index is 12.9. The first-order valence-electron chi connectivity index (χ1n) is 7.80. The smallest absolute Gasteiger partial charge is 0.254 e. The van der Waals surface area contributed by atoms with Gasteiger partial charge in [-0.1, -0.05) is 30.3 Å². The Hall–Kier alpha value is -2.49. The predicted molar refractivity (Wildman–Crippen MR) is 88.9 cm³/mol. The van der Waals surface area contributed by atoms with Crippen LogP contribution in [0.2, 0.25) is 0 Å². The molecule has 1 fully saturated rings. The van der Waals surface area contributed by atoms with Crippen LogP contribution in [-0.4, -0.2) is 31.1 Å². The predicted octanol–water partition coefficient (Wildman–Crippen LogP) is 3.51. The van der Waals surface area contributed by atoms with Gasteiger partial charge in [0.25, 0.3) is 5.91 Å². The van der Waals surface area contributed by atoms with Crippen molar-refractivity contribution in [3.05, 3.63) is 59.7 Å². The lowest BCUT2D eigenvalue weighted by atomic mass is 10.1. The monoisotopic (exact) mass is 311 g/mol. The van der Waals surface area contributed by atoms with Gasteiger partial charge in [0, 0.05) is 18.2 Å².